The zero-order valence-corrected chi connectivity index (χ0v) is 16.6. The number of amides is 3. The SMILES string of the molecule is CCCCN1C(=O)[C@@H]2[C@H](CCSC)[NH2+][C@@]3(C(=O)Nc4ccccc43)[C@@H]2C1=O. The highest BCUT2D eigenvalue weighted by Crippen LogP contribution is 2.49. The number of benzene rings is 1. The number of anilines is 1. The van der Waals surface area contributed by atoms with Gasteiger partial charge in [-0.3, -0.25) is 19.3 Å². The molecule has 4 atom stereocenters. The fraction of sp³-hybridized carbons (Fsp3) is 0.550. The van der Waals surface area contributed by atoms with Gasteiger partial charge >= 0.3 is 0 Å². The molecule has 6 nitrogen and oxygen atoms in total. The number of carbonyl (C=O) groups excluding carboxylic acids is 3. The average Bonchev–Trinajstić information content (AvgIpc) is 3.24. The molecule has 27 heavy (non-hydrogen) atoms. The van der Waals surface area contributed by atoms with E-state index in [4.69, 9.17) is 0 Å². The number of imide groups is 1. The Morgan fingerprint density at radius 3 is 2.74 bits per heavy atom. The van der Waals surface area contributed by atoms with Crippen LogP contribution >= 0.6 is 11.8 Å². The second-order valence-electron chi connectivity index (χ2n) is 7.67. The molecule has 2 saturated heterocycles. The lowest BCUT2D eigenvalue weighted by Crippen LogP contribution is -2.99. The lowest BCUT2D eigenvalue weighted by Gasteiger charge is -2.26. The summed E-state index contributed by atoms with van der Waals surface area (Å²) in [7, 11) is 0. The fourth-order valence-electron chi connectivity index (χ4n) is 5.03. The minimum absolute atomic E-state index is 0.0533. The number of hydrogen-bond donors (Lipinski definition) is 2. The topological polar surface area (TPSA) is 83.1 Å². The van der Waals surface area contributed by atoms with Crippen molar-refractivity contribution < 1.29 is 19.7 Å². The molecule has 144 valence electrons. The van der Waals surface area contributed by atoms with Crippen LogP contribution in [-0.2, 0) is 19.9 Å². The number of carbonyl (C=O) groups is 3. The maximum atomic E-state index is 13.3. The van der Waals surface area contributed by atoms with Crippen molar-refractivity contribution >= 4 is 35.2 Å². The first kappa shape index (κ1) is 18.5. The molecule has 3 amide bonds. The standard InChI is InChI=1S/C20H25N3O3S/c1-3-4-10-23-17(24)15-14(9-11-27-2)22-20(16(15)18(23)25)12-7-5-6-8-13(12)21-19(20)26/h5-8,14-16,22H,3-4,9-11H2,1-2H3,(H,21,26)/p+1/t14-,15+,16-,20+/m0/s1. The van der Waals surface area contributed by atoms with Crippen LogP contribution in [0.2, 0.25) is 0 Å². The summed E-state index contributed by atoms with van der Waals surface area (Å²) in [6.07, 6.45) is 4.56. The maximum absolute atomic E-state index is 13.3. The average molecular weight is 389 g/mol. The number of para-hydroxylation sites is 1. The molecule has 0 bridgehead atoms. The Morgan fingerprint density at radius 2 is 2.00 bits per heavy atom. The third-order valence-corrected chi connectivity index (χ3v) is 6.90. The van der Waals surface area contributed by atoms with E-state index in [0.717, 1.165) is 36.3 Å². The van der Waals surface area contributed by atoms with Gasteiger partial charge < -0.3 is 10.6 Å². The second kappa shape index (κ2) is 6.95. The summed E-state index contributed by atoms with van der Waals surface area (Å²) in [4.78, 5) is 41.1. The molecule has 1 aromatic carbocycles. The highest BCUT2D eigenvalue weighted by molar-refractivity contribution is 7.98. The van der Waals surface area contributed by atoms with Crippen LogP contribution in [0.15, 0.2) is 24.3 Å². The summed E-state index contributed by atoms with van der Waals surface area (Å²) in [5, 5.41) is 4.98. The van der Waals surface area contributed by atoms with E-state index in [1.165, 1.54) is 4.90 Å². The summed E-state index contributed by atoms with van der Waals surface area (Å²) >= 11 is 1.73. The van der Waals surface area contributed by atoms with Gasteiger partial charge in [0.1, 0.15) is 17.9 Å². The van der Waals surface area contributed by atoms with E-state index in [9.17, 15) is 14.4 Å². The molecule has 3 N–H and O–H groups in total. The predicted molar refractivity (Wildman–Crippen MR) is 104 cm³/mol. The van der Waals surface area contributed by atoms with E-state index in [2.05, 4.69) is 5.32 Å². The molecule has 1 spiro atoms. The lowest BCUT2D eigenvalue weighted by atomic mass is 9.76. The molecule has 2 fully saturated rings. The van der Waals surface area contributed by atoms with Crippen LogP contribution in [0.25, 0.3) is 0 Å². The molecule has 3 heterocycles. The second-order valence-corrected chi connectivity index (χ2v) is 8.65. The molecular weight excluding hydrogens is 362 g/mol. The van der Waals surface area contributed by atoms with Gasteiger partial charge in [-0.15, -0.1) is 0 Å². The molecule has 3 aliphatic heterocycles. The van der Waals surface area contributed by atoms with Crippen LogP contribution in [0, 0.1) is 11.8 Å². The highest BCUT2D eigenvalue weighted by atomic mass is 32.2. The van der Waals surface area contributed by atoms with E-state index in [0.29, 0.717) is 6.54 Å². The van der Waals surface area contributed by atoms with Gasteiger partial charge in [0, 0.05) is 18.5 Å². The molecule has 1 aromatic rings. The van der Waals surface area contributed by atoms with E-state index in [-0.39, 0.29) is 23.8 Å². The summed E-state index contributed by atoms with van der Waals surface area (Å²) < 4.78 is 0. The number of unbranched alkanes of at least 4 members (excludes halogenated alkanes) is 1. The van der Waals surface area contributed by atoms with Crippen LogP contribution in [-0.4, -0.2) is 47.2 Å². The molecule has 0 saturated carbocycles. The smallest absolute Gasteiger partial charge is 0.291 e. The van der Waals surface area contributed by atoms with Gasteiger partial charge in [-0.25, -0.2) is 0 Å². The molecule has 3 aliphatic rings. The Balaban J connectivity index is 1.79. The third kappa shape index (κ3) is 2.55. The van der Waals surface area contributed by atoms with Gasteiger partial charge in [0.05, 0.1) is 5.69 Å². The van der Waals surface area contributed by atoms with E-state index < -0.39 is 17.4 Å². The van der Waals surface area contributed by atoms with Gasteiger partial charge in [-0.1, -0.05) is 31.5 Å². The van der Waals surface area contributed by atoms with E-state index in [1.54, 1.807) is 11.8 Å². The summed E-state index contributed by atoms with van der Waals surface area (Å²) in [5.74, 6) is -0.553. The van der Waals surface area contributed by atoms with Crippen LogP contribution < -0.4 is 10.6 Å². The van der Waals surface area contributed by atoms with E-state index in [1.807, 2.05) is 42.8 Å². The molecule has 0 radical (unpaired) electrons. The minimum atomic E-state index is -1.02. The number of quaternary nitrogens is 1. The Bertz CT molecular complexity index is 798. The monoisotopic (exact) mass is 388 g/mol. The highest BCUT2D eigenvalue weighted by Gasteiger charge is 2.73. The molecule has 0 aliphatic carbocycles. The maximum Gasteiger partial charge on any atom is 0.291 e. The Morgan fingerprint density at radius 1 is 1.22 bits per heavy atom. The van der Waals surface area contributed by atoms with Crippen molar-refractivity contribution in [3.63, 3.8) is 0 Å². The number of hydrogen-bond acceptors (Lipinski definition) is 4. The van der Waals surface area contributed by atoms with Crippen molar-refractivity contribution in [3.8, 4) is 0 Å². The first-order valence-electron chi connectivity index (χ1n) is 9.67. The number of nitrogens with zero attached hydrogens (tertiary/aromatic N) is 1. The lowest BCUT2D eigenvalue weighted by molar-refractivity contribution is -0.733. The number of thioether (sulfide) groups is 1. The first-order chi connectivity index (χ1) is 13.1. The van der Waals surface area contributed by atoms with Gasteiger partial charge in [-0.05, 0) is 24.5 Å². The zero-order valence-electron chi connectivity index (χ0n) is 15.7. The summed E-state index contributed by atoms with van der Waals surface area (Å²) in [5.41, 5.74) is 0.586. The van der Waals surface area contributed by atoms with Crippen LogP contribution in [0.4, 0.5) is 5.69 Å². The van der Waals surface area contributed by atoms with Crippen LogP contribution in [0.3, 0.4) is 0 Å². The van der Waals surface area contributed by atoms with Crippen molar-refractivity contribution in [2.75, 3.05) is 23.9 Å². The quantitative estimate of drug-likeness (QED) is 0.711. The number of rotatable bonds is 6. The van der Waals surface area contributed by atoms with Gasteiger partial charge in [0.2, 0.25) is 17.4 Å². The van der Waals surface area contributed by atoms with Gasteiger partial charge in [0.15, 0.2) is 0 Å². The van der Waals surface area contributed by atoms with Crippen molar-refractivity contribution in [1.82, 2.24) is 4.90 Å². The molecule has 4 rings (SSSR count). The number of nitrogens with two attached hydrogens (primary N) is 1. The Hall–Kier alpha value is -1.86. The third-order valence-electron chi connectivity index (χ3n) is 6.26. The molecule has 7 heteroatoms. The first-order valence-corrected chi connectivity index (χ1v) is 11.1. The fourth-order valence-corrected chi connectivity index (χ4v) is 5.54. The minimum Gasteiger partial charge on any atom is -0.326 e. The summed E-state index contributed by atoms with van der Waals surface area (Å²) in [6, 6.07) is 7.52. The van der Waals surface area contributed by atoms with Crippen molar-refractivity contribution in [1.29, 1.82) is 0 Å². The zero-order chi connectivity index (χ0) is 19.2. The Labute approximate surface area is 163 Å². The number of likely N-dealkylation sites (tertiary alicyclic amines) is 1. The largest absolute Gasteiger partial charge is 0.326 e. The van der Waals surface area contributed by atoms with Gasteiger partial charge in [-0.2, -0.15) is 11.8 Å². The number of fused-ring (bicyclic) bond motifs is 4. The van der Waals surface area contributed by atoms with E-state index >= 15 is 0 Å². The Kier molecular flexibility index (Phi) is 4.76. The molecular formula is C20H26N3O3S+. The molecule has 0 unspecified atom stereocenters. The van der Waals surface area contributed by atoms with Crippen molar-refractivity contribution in [2.45, 2.75) is 37.8 Å². The van der Waals surface area contributed by atoms with Crippen LogP contribution in [0.1, 0.15) is 31.7 Å². The normalized spacial score (nSPS) is 31.6. The number of nitrogens with one attached hydrogen (secondary N) is 1. The summed E-state index contributed by atoms with van der Waals surface area (Å²) in [6.45, 7) is 2.50. The van der Waals surface area contributed by atoms with Crippen molar-refractivity contribution in [3.05, 3.63) is 29.8 Å². The molecule has 0 aromatic heterocycles. The van der Waals surface area contributed by atoms with Gasteiger partial charge in [0.25, 0.3) is 5.91 Å². The predicted octanol–water partition coefficient (Wildman–Crippen LogP) is 0.934. The van der Waals surface area contributed by atoms with Crippen molar-refractivity contribution in [2.24, 2.45) is 11.8 Å². The van der Waals surface area contributed by atoms with Crippen LogP contribution in [0.5, 0.6) is 0 Å².